The van der Waals surface area contributed by atoms with E-state index >= 15 is 0 Å². The molecule has 1 aromatic carbocycles. The van der Waals surface area contributed by atoms with Crippen molar-refractivity contribution in [3.05, 3.63) is 34.3 Å². The van der Waals surface area contributed by atoms with Crippen molar-refractivity contribution in [3.8, 4) is 0 Å². The lowest BCUT2D eigenvalue weighted by molar-refractivity contribution is 0.0954. The van der Waals surface area contributed by atoms with Gasteiger partial charge < -0.3 is 16.0 Å². The quantitative estimate of drug-likeness (QED) is 0.235. The van der Waals surface area contributed by atoms with E-state index in [1.165, 1.54) is 0 Å². The van der Waals surface area contributed by atoms with E-state index in [-0.39, 0.29) is 29.9 Å². The summed E-state index contributed by atoms with van der Waals surface area (Å²) in [6, 6.07) is 7.30. The summed E-state index contributed by atoms with van der Waals surface area (Å²) in [5.74, 6) is 1.24. The molecule has 3 N–H and O–H groups in total. The molecule has 23 heavy (non-hydrogen) atoms. The number of aliphatic imine (C=N–C) groups is 1. The van der Waals surface area contributed by atoms with Gasteiger partial charge in [-0.3, -0.25) is 9.79 Å². The maximum absolute atomic E-state index is 11.9. The van der Waals surface area contributed by atoms with Gasteiger partial charge in [-0.25, -0.2) is 0 Å². The summed E-state index contributed by atoms with van der Waals surface area (Å²) in [5.41, 5.74) is 0.656. The highest BCUT2D eigenvalue weighted by Gasteiger charge is 2.04. The molecule has 0 bridgehead atoms. The van der Waals surface area contributed by atoms with E-state index in [1.807, 2.05) is 19.1 Å². The normalized spacial score (nSPS) is 10.9. The van der Waals surface area contributed by atoms with Gasteiger partial charge in [-0.15, -0.1) is 24.0 Å². The minimum Gasteiger partial charge on any atom is -0.357 e. The third-order valence-electron chi connectivity index (χ3n) is 2.77. The molecule has 0 saturated carbocycles. The Bertz CT molecular complexity index is 491. The van der Waals surface area contributed by atoms with Gasteiger partial charge in [0, 0.05) is 36.2 Å². The highest BCUT2D eigenvalue weighted by molar-refractivity contribution is 14.0. The van der Waals surface area contributed by atoms with Crippen molar-refractivity contribution < 1.29 is 4.79 Å². The highest BCUT2D eigenvalue weighted by atomic mass is 127. The first kappa shape index (κ1) is 22.2. The number of rotatable bonds is 7. The van der Waals surface area contributed by atoms with Crippen LogP contribution in [-0.2, 0) is 0 Å². The van der Waals surface area contributed by atoms with Gasteiger partial charge in [0.15, 0.2) is 5.96 Å². The van der Waals surface area contributed by atoms with Crippen LogP contribution >= 0.6 is 39.9 Å². The van der Waals surface area contributed by atoms with Crippen molar-refractivity contribution in [1.82, 2.24) is 16.0 Å². The van der Waals surface area contributed by atoms with Crippen LogP contribution in [0, 0.1) is 5.92 Å². The maximum Gasteiger partial charge on any atom is 0.251 e. The number of nitrogens with one attached hydrogen (secondary N) is 3. The fourth-order valence-corrected chi connectivity index (χ4v) is 1.94. The largest absolute Gasteiger partial charge is 0.357 e. The lowest BCUT2D eigenvalue weighted by Gasteiger charge is -2.12. The molecule has 0 aromatic heterocycles. The summed E-state index contributed by atoms with van der Waals surface area (Å²) in [5, 5.41) is 9.27. The first-order valence-corrected chi connectivity index (χ1v) is 8.38. The summed E-state index contributed by atoms with van der Waals surface area (Å²) >= 11 is 3.35. The highest BCUT2D eigenvalue weighted by Crippen LogP contribution is 2.10. The third-order valence-corrected chi connectivity index (χ3v) is 3.30. The number of amides is 1. The Labute approximate surface area is 164 Å². The Morgan fingerprint density at radius 1 is 1.13 bits per heavy atom. The topological polar surface area (TPSA) is 65.5 Å². The number of hydrogen-bond donors (Lipinski definition) is 3. The SMILES string of the molecule is CCNC(=NCC(C)C)NCCNC(=O)c1ccc(Br)cc1.I. The average molecular weight is 497 g/mol. The lowest BCUT2D eigenvalue weighted by atomic mass is 10.2. The average Bonchev–Trinajstić information content (AvgIpc) is 2.49. The van der Waals surface area contributed by atoms with Crippen molar-refractivity contribution in [3.63, 3.8) is 0 Å². The van der Waals surface area contributed by atoms with Gasteiger partial charge in [0.25, 0.3) is 5.91 Å². The number of guanidine groups is 1. The molecule has 7 heteroatoms. The monoisotopic (exact) mass is 496 g/mol. The van der Waals surface area contributed by atoms with E-state index in [0.717, 1.165) is 23.5 Å². The molecule has 0 heterocycles. The summed E-state index contributed by atoms with van der Waals surface area (Å²) < 4.78 is 0.961. The fraction of sp³-hybridized carbons (Fsp3) is 0.500. The van der Waals surface area contributed by atoms with Crippen molar-refractivity contribution in [1.29, 1.82) is 0 Å². The van der Waals surface area contributed by atoms with Gasteiger partial charge in [-0.2, -0.15) is 0 Å². The summed E-state index contributed by atoms with van der Waals surface area (Å²) in [6.07, 6.45) is 0. The Morgan fingerprint density at radius 3 is 2.30 bits per heavy atom. The van der Waals surface area contributed by atoms with Crippen LogP contribution in [0.25, 0.3) is 0 Å². The number of benzene rings is 1. The molecule has 0 unspecified atom stereocenters. The van der Waals surface area contributed by atoms with Crippen molar-refractivity contribution >= 4 is 51.8 Å². The second-order valence-corrected chi connectivity index (χ2v) is 6.22. The van der Waals surface area contributed by atoms with Gasteiger partial charge in [0.2, 0.25) is 0 Å². The van der Waals surface area contributed by atoms with Crippen LogP contribution in [0.2, 0.25) is 0 Å². The Balaban J connectivity index is 0.00000484. The van der Waals surface area contributed by atoms with Crippen molar-refractivity contribution in [2.45, 2.75) is 20.8 Å². The molecule has 130 valence electrons. The van der Waals surface area contributed by atoms with E-state index in [2.05, 4.69) is 50.7 Å². The molecular formula is C16H26BrIN4O. The predicted octanol–water partition coefficient (Wildman–Crippen LogP) is 3.01. The number of hydrogen-bond acceptors (Lipinski definition) is 2. The molecule has 0 aliphatic carbocycles. The number of nitrogens with zero attached hydrogens (tertiary/aromatic N) is 1. The Morgan fingerprint density at radius 2 is 1.74 bits per heavy atom. The summed E-state index contributed by atoms with van der Waals surface area (Å²) in [7, 11) is 0. The second kappa shape index (κ2) is 12.6. The molecule has 0 atom stereocenters. The van der Waals surface area contributed by atoms with E-state index in [0.29, 0.717) is 24.6 Å². The second-order valence-electron chi connectivity index (χ2n) is 5.30. The molecule has 1 rings (SSSR count). The van der Waals surface area contributed by atoms with E-state index in [4.69, 9.17) is 0 Å². The van der Waals surface area contributed by atoms with Gasteiger partial charge in [-0.05, 0) is 37.1 Å². The molecule has 1 aromatic rings. The van der Waals surface area contributed by atoms with Crippen LogP contribution in [0.3, 0.4) is 0 Å². The molecule has 0 spiro atoms. The minimum absolute atomic E-state index is 0. The summed E-state index contributed by atoms with van der Waals surface area (Å²) in [6.45, 7) is 9.06. The first-order chi connectivity index (χ1) is 10.5. The van der Waals surface area contributed by atoms with Crippen LogP contribution in [0.15, 0.2) is 33.7 Å². The van der Waals surface area contributed by atoms with Crippen molar-refractivity contribution in [2.75, 3.05) is 26.2 Å². The van der Waals surface area contributed by atoms with E-state index in [1.54, 1.807) is 12.1 Å². The van der Waals surface area contributed by atoms with Crippen LogP contribution in [-0.4, -0.2) is 38.0 Å². The molecular weight excluding hydrogens is 471 g/mol. The molecule has 0 saturated heterocycles. The zero-order chi connectivity index (χ0) is 16.4. The molecule has 0 aliphatic rings. The van der Waals surface area contributed by atoms with E-state index in [9.17, 15) is 4.79 Å². The lowest BCUT2D eigenvalue weighted by Crippen LogP contribution is -2.41. The van der Waals surface area contributed by atoms with Gasteiger partial charge in [-0.1, -0.05) is 29.8 Å². The summed E-state index contributed by atoms with van der Waals surface area (Å²) in [4.78, 5) is 16.4. The molecule has 0 aliphatic heterocycles. The van der Waals surface area contributed by atoms with E-state index < -0.39 is 0 Å². The minimum atomic E-state index is -0.0709. The number of halogens is 2. The number of carbonyl (C=O) groups is 1. The molecule has 5 nitrogen and oxygen atoms in total. The van der Waals surface area contributed by atoms with Crippen LogP contribution in [0.4, 0.5) is 0 Å². The van der Waals surface area contributed by atoms with Gasteiger partial charge in [0.1, 0.15) is 0 Å². The van der Waals surface area contributed by atoms with Crippen LogP contribution in [0.1, 0.15) is 31.1 Å². The zero-order valence-electron chi connectivity index (χ0n) is 13.9. The fourth-order valence-electron chi connectivity index (χ4n) is 1.68. The number of carbonyl (C=O) groups excluding carboxylic acids is 1. The molecule has 1 amide bonds. The van der Waals surface area contributed by atoms with Crippen LogP contribution in [0.5, 0.6) is 0 Å². The third kappa shape index (κ3) is 9.80. The standard InChI is InChI=1S/C16H25BrN4O.HI/c1-4-18-16(21-11-12(2)3)20-10-9-19-15(22)13-5-7-14(17)8-6-13;/h5-8,12H,4,9-11H2,1-3H3,(H,19,22)(H2,18,20,21);1H. The molecule has 0 radical (unpaired) electrons. The Hall–Kier alpha value is -0.830. The van der Waals surface area contributed by atoms with Gasteiger partial charge >= 0.3 is 0 Å². The smallest absolute Gasteiger partial charge is 0.251 e. The van der Waals surface area contributed by atoms with Gasteiger partial charge in [0.05, 0.1) is 0 Å². The van der Waals surface area contributed by atoms with Crippen LogP contribution < -0.4 is 16.0 Å². The zero-order valence-corrected chi connectivity index (χ0v) is 17.8. The predicted molar refractivity (Wildman–Crippen MR) is 111 cm³/mol. The first-order valence-electron chi connectivity index (χ1n) is 7.59. The molecule has 0 fully saturated rings. The van der Waals surface area contributed by atoms with Crippen molar-refractivity contribution in [2.24, 2.45) is 10.9 Å². The maximum atomic E-state index is 11.9. The Kier molecular flexibility index (Phi) is 12.1.